The molecule has 0 aromatic heterocycles. The molecule has 1 aliphatic carbocycles. The van der Waals surface area contributed by atoms with Crippen LogP contribution in [0.25, 0.3) is 0 Å². The van der Waals surface area contributed by atoms with Gasteiger partial charge in [-0.05, 0) is 76.1 Å². The van der Waals surface area contributed by atoms with Gasteiger partial charge in [-0.25, -0.2) is 4.99 Å². The molecule has 2 N–H and O–H groups in total. The highest BCUT2D eigenvalue weighted by Crippen LogP contribution is 2.31. The highest BCUT2D eigenvalue weighted by Gasteiger charge is 2.22. The number of aryl methyl sites for hydroxylation is 1. The average Bonchev–Trinajstić information content (AvgIpc) is 3.59. The molecule has 3 rings (SSSR count). The number of aliphatic imine (C=N–C) groups is 1. The molecule has 1 saturated heterocycles. The molecule has 176 valence electrons. The Morgan fingerprint density at radius 3 is 2.58 bits per heavy atom. The van der Waals surface area contributed by atoms with Crippen molar-refractivity contribution in [1.29, 1.82) is 0 Å². The molecule has 1 aromatic rings. The van der Waals surface area contributed by atoms with E-state index in [1.807, 2.05) is 0 Å². The number of guanidine groups is 1. The summed E-state index contributed by atoms with van der Waals surface area (Å²) in [5.41, 5.74) is 2.39. The maximum absolute atomic E-state index is 6.10. The van der Waals surface area contributed by atoms with Crippen molar-refractivity contribution in [3.8, 4) is 5.75 Å². The molecular formula is C24H41IN4O2. The number of rotatable bonds is 11. The van der Waals surface area contributed by atoms with Gasteiger partial charge in [0.1, 0.15) is 5.75 Å². The first-order valence-corrected chi connectivity index (χ1v) is 11.6. The standard InChI is InChI=1S/C24H40N4O2.HI/c1-4-25-24(26-16-20-9-11-28(12-10-20)13-14-29-3)27-17-22-8-5-19(2)15-23(22)30-18-21-6-7-21;/h5,8,15,20-21H,4,6-7,9-14,16-18H2,1-3H3,(H2,25,26,27);1H. The van der Waals surface area contributed by atoms with Crippen molar-refractivity contribution in [2.24, 2.45) is 16.8 Å². The summed E-state index contributed by atoms with van der Waals surface area (Å²) >= 11 is 0. The molecule has 1 aliphatic heterocycles. The molecule has 2 aliphatic rings. The Morgan fingerprint density at radius 1 is 1.13 bits per heavy atom. The van der Waals surface area contributed by atoms with Crippen LogP contribution in [0.2, 0.25) is 0 Å². The lowest BCUT2D eigenvalue weighted by molar-refractivity contribution is 0.121. The van der Waals surface area contributed by atoms with Crippen LogP contribution < -0.4 is 15.4 Å². The Hall–Kier alpha value is -1.06. The fourth-order valence-electron chi connectivity index (χ4n) is 3.80. The van der Waals surface area contributed by atoms with E-state index in [2.05, 4.69) is 47.6 Å². The van der Waals surface area contributed by atoms with E-state index in [4.69, 9.17) is 14.5 Å². The number of nitrogens with one attached hydrogen (secondary N) is 2. The Bertz CT molecular complexity index is 674. The van der Waals surface area contributed by atoms with Gasteiger partial charge in [0.25, 0.3) is 0 Å². The van der Waals surface area contributed by atoms with Gasteiger partial charge in [-0.1, -0.05) is 12.1 Å². The Kier molecular flexibility index (Phi) is 12.0. The van der Waals surface area contributed by atoms with E-state index in [1.165, 1.54) is 31.2 Å². The summed E-state index contributed by atoms with van der Waals surface area (Å²) in [5, 5.41) is 6.96. The molecule has 6 nitrogen and oxygen atoms in total. The number of piperidine rings is 1. The van der Waals surface area contributed by atoms with Gasteiger partial charge in [0.05, 0.1) is 19.8 Å². The lowest BCUT2D eigenvalue weighted by Gasteiger charge is -2.32. The van der Waals surface area contributed by atoms with Gasteiger partial charge in [0.2, 0.25) is 0 Å². The highest BCUT2D eigenvalue weighted by atomic mass is 127. The van der Waals surface area contributed by atoms with Crippen LogP contribution in [0.1, 0.15) is 43.7 Å². The van der Waals surface area contributed by atoms with Gasteiger partial charge in [0.15, 0.2) is 5.96 Å². The molecule has 1 saturated carbocycles. The van der Waals surface area contributed by atoms with E-state index in [1.54, 1.807) is 7.11 Å². The average molecular weight is 545 g/mol. The lowest BCUT2D eigenvalue weighted by atomic mass is 9.97. The Labute approximate surface area is 205 Å². The van der Waals surface area contributed by atoms with Crippen LogP contribution in [0.4, 0.5) is 0 Å². The zero-order valence-corrected chi connectivity index (χ0v) is 21.8. The van der Waals surface area contributed by atoms with Crippen LogP contribution in [0, 0.1) is 18.8 Å². The summed E-state index contributed by atoms with van der Waals surface area (Å²) in [6.07, 6.45) is 5.07. The van der Waals surface area contributed by atoms with Crippen molar-refractivity contribution < 1.29 is 9.47 Å². The molecule has 0 amide bonds. The van der Waals surface area contributed by atoms with E-state index in [-0.39, 0.29) is 24.0 Å². The number of ether oxygens (including phenoxy) is 2. The predicted molar refractivity (Wildman–Crippen MR) is 139 cm³/mol. The summed E-state index contributed by atoms with van der Waals surface area (Å²) in [5.74, 6) is 3.34. The van der Waals surface area contributed by atoms with E-state index in [9.17, 15) is 0 Å². The fraction of sp³-hybridized carbons (Fsp3) is 0.708. The van der Waals surface area contributed by atoms with Crippen LogP contribution >= 0.6 is 24.0 Å². The SMILES string of the molecule is CCNC(=NCc1ccc(C)cc1OCC1CC1)NCC1CCN(CCOC)CC1.I. The Morgan fingerprint density at radius 2 is 1.90 bits per heavy atom. The normalized spacial score (nSPS) is 17.8. The molecule has 0 unspecified atom stereocenters. The molecule has 2 fully saturated rings. The summed E-state index contributed by atoms with van der Waals surface area (Å²) in [6.45, 7) is 11.7. The number of hydrogen-bond donors (Lipinski definition) is 2. The van der Waals surface area contributed by atoms with Crippen molar-refractivity contribution in [2.75, 3.05) is 53.0 Å². The molecule has 0 atom stereocenters. The first-order valence-electron chi connectivity index (χ1n) is 11.6. The molecule has 7 heteroatoms. The fourth-order valence-corrected chi connectivity index (χ4v) is 3.80. The monoisotopic (exact) mass is 544 g/mol. The van der Waals surface area contributed by atoms with E-state index in [0.29, 0.717) is 12.5 Å². The molecule has 1 heterocycles. The van der Waals surface area contributed by atoms with Crippen LogP contribution in [0.15, 0.2) is 23.2 Å². The van der Waals surface area contributed by atoms with Crippen LogP contribution in [0.3, 0.4) is 0 Å². The van der Waals surface area contributed by atoms with Crippen molar-refractivity contribution in [3.05, 3.63) is 29.3 Å². The van der Waals surface area contributed by atoms with Gasteiger partial charge in [0, 0.05) is 32.3 Å². The van der Waals surface area contributed by atoms with Gasteiger partial charge in [-0.3, -0.25) is 0 Å². The van der Waals surface area contributed by atoms with Crippen molar-refractivity contribution in [3.63, 3.8) is 0 Å². The lowest BCUT2D eigenvalue weighted by Crippen LogP contribution is -2.43. The van der Waals surface area contributed by atoms with Gasteiger partial charge in [-0.15, -0.1) is 24.0 Å². The number of nitrogens with zero attached hydrogens (tertiary/aromatic N) is 2. The highest BCUT2D eigenvalue weighted by molar-refractivity contribution is 14.0. The minimum absolute atomic E-state index is 0. The van der Waals surface area contributed by atoms with E-state index in [0.717, 1.165) is 69.1 Å². The summed E-state index contributed by atoms with van der Waals surface area (Å²) in [4.78, 5) is 7.34. The zero-order chi connectivity index (χ0) is 21.2. The molecule has 0 radical (unpaired) electrons. The number of methoxy groups -OCH3 is 1. The largest absolute Gasteiger partial charge is 0.493 e. The second kappa shape index (κ2) is 14.2. The smallest absolute Gasteiger partial charge is 0.191 e. The first kappa shape index (κ1) is 26.2. The second-order valence-corrected chi connectivity index (χ2v) is 8.72. The number of hydrogen-bond acceptors (Lipinski definition) is 4. The third kappa shape index (κ3) is 9.53. The summed E-state index contributed by atoms with van der Waals surface area (Å²) in [7, 11) is 1.77. The van der Waals surface area contributed by atoms with Crippen LogP contribution in [0.5, 0.6) is 5.75 Å². The summed E-state index contributed by atoms with van der Waals surface area (Å²) < 4.78 is 11.3. The number of benzene rings is 1. The predicted octanol–water partition coefficient (Wildman–Crippen LogP) is 3.82. The molecular weight excluding hydrogens is 503 g/mol. The maximum Gasteiger partial charge on any atom is 0.191 e. The number of halogens is 1. The molecule has 31 heavy (non-hydrogen) atoms. The first-order chi connectivity index (χ1) is 14.7. The topological polar surface area (TPSA) is 58.1 Å². The quantitative estimate of drug-likeness (QED) is 0.252. The minimum Gasteiger partial charge on any atom is -0.493 e. The Balaban J connectivity index is 0.00000341. The zero-order valence-electron chi connectivity index (χ0n) is 19.5. The van der Waals surface area contributed by atoms with Crippen molar-refractivity contribution in [1.82, 2.24) is 15.5 Å². The van der Waals surface area contributed by atoms with Crippen LogP contribution in [-0.4, -0.2) is 63.9 Å². The maximum atomic E-state index is 6.10. The third-order valence-corrected chi connectivity index (χ3v) is 6.02. The van der Waals surface area contributed by atoms with Gasteiger partial charge >= 0.3 is 0 Å². The van der Waals surface area contributed by atoms with Crippen molar-refractivity contribution in [2.45, 2.75) is 46.1 Å². The third-order valence-electron chi connectivity index (χ3n) is 6.02. The van der Waals surface area contributed by atoms with Crippen molar-refractivity contribution >= 4 is 29.9 Å². The van der Waals surface area contributed by atoms with Gasteiger partial charge in [-0.2, -0.15) is 0 Å². The molecule has 0 bridgehead atoms. The second-order valence-electron chi connectivity index (χ2n) is 8.72. The molecule has 1 aromatic carbocycles. The number of likely N-dealkylation sites (tertiary alicyclic amines) is 1. The summed E-state index contributed by atoms with van der Waals surface area (Å²) in [6, 6.07) is 6.44. The minimum atomic E-state index is 0. The van der Waals surface area contributed by atoms with Gasteiger partial charge < -0.3 is 25.0 Å². The van der Waals surface area contributed by atoms with Crippen LogP contribution in [-0.2, 0) is 11.3 Å². The van der Waals surface area contributed by atoms with E-state index >= 15 is 0 Å². The molecule has 0 spiro atoms. The van der Waals surface area contributed by atoms with E-state index < -0.39 is 0 Å².